The monoisotopic (exact) mass is 353 g/mol. The first kappa shape index (κ1) is 18.2. The third-order valence-corrected chi connectivity index (χ3v) is 5.91. The van der Waals surface area contributed by atoms with Gasteiger partial charge in [-0.3, -0.25) is 9.59 Å². The van der Waals surface area contributed by atoms with E-state index in [4.69, 9.17) is 5.73 Å². The lowest BCUT2D eigenvalue weighted by molar-refractivity contribution is -0.127. The molecule has 0 bridgehead atoms. The van der Waals surface area contributed by atoms with E-state index in [1.54, 1.807) is 0 Å². The zero-order valence-corrected chi connectivity index (χ0v) is 15.8. The van der Waals surface area contributed by atoms with Gasteiger partial charge in [0.15, 0.2) is 0 Å². The van der Waals surface area contributed by atoms with E-state index in [0.29, 0.717) is 11.5 Å². The van der Waals surface area contributed by atoms with Crippen molar-refractivity contribution in [3.63, 3.8) is 0 Å². The smallest absolute Gasteiger partial charge is 0.250 e. The lowest BCUT2D eigenvalue weighted by atomic mass is 9.79. The van der Waals surface area contributed by atoms with E-state index in [1.807, 2.05) is 31.0 Å². The number of amides is 2. The minimum atomic E-state index is -0.416. The number of rotatable bonds is 4. The summed E-state index contributed by atoms with van der Waals surface area (Å²) < 4.78 is 0. The summed E-state index contributed by atoms with van der Waals surface area (Å²) in [6, 6.07) is 4.09. The van der Waals surface area contributed by atoms with Crippen LogP contribution in [0.4, 0.5) is 0 Å². The number of benzene rings is 1. The number of aryl methyl sites for hydroxylation is 2. The average Bonchev–Trinajstić information content (AvgIpc) is 2.94. The van der Waals surface area contributed by atoms with Gasteiger partial charge in [0.2, 0.25) is 5.91 Å². The predicted molar refractivity (Wildman–Crippen MR) is 104 cm³/mol. The van der Waals surface area contributed by atoms with Crippen molar-refractivity contribution in [2.75, 3.05) is 7.05 Å². The predicted octanol–water partition coefficient (Wildman–Crippen LogP) is 3.55. The fourth-order valence-electron chi connectivity index (χ4n) is 4.29. The first-order valence-corrected chi connectivity index (χ1v) is 9.16. The van der Waals surface area contributed by atoms with Crippen molar-refractivity contribution in [2.24, 2.45) is 5.73 Å². The van der Waals surface area contributed by atoms with Crippen molar-refractivity contribution in [3.05, 3.63) is 47.2 Å². The molecular formula is C21H27N3O2. The summed E-state index contributed by atoms with van der Waals surface area (Å²) in [5.74, 6) is -0.0914. The van der Waals surface area contributed by atoms with Crippen molar-refractivity contribution in [1.82, 2.24) is 9.88 Å². The molecule has 1 saturated carbocycles. The Hall–Kier alpha value is -2.56. The topological polar surface area (TPSA) is 79.2 Å². The summed E-state index contributed by atoms with van der Waals surface area (Å²) in [5.41, 5.74) is 10.4. The van der Waals surface area contributed by atoms with Crippen molar-refractivity contribution >= 4 is 22.7 Å². The number of nitrogens with zero attached hydrogens (tertiary/aromatic N) is 1. The Balaban J connectivity index is 2.02. The molecule has 1 heterocycles. The molecule has 0 saturated heterocycles. The number of aromatic amines is 1. The van der Waals surface area contributed by atoms with Crippen LogP contribution in [-0.4, -0.2) is 34.8 Å². The summed E-state index contributed by atoms with van der Waals surface area (Å²) in [6.45, 7) is 7.69. The Morgan fingerprint density at radius 1 is 1.31 bits per heavy atom. The highest BCUT2D eigenvalue weighted by atomic mass is 16.2. The van der Waals surface area contributed by atoms with E-state index in [1.165, 1.54) is 11.6 Å². The molecule has 2 unspecified atom stereocenters. The van der Waals surface area contributed by atoms with Crippen LogP contribution in [0.15, 0.2) is 24.8 Å². The SMILES string of the molecule is C=CC(=O)N(C)C1CCCC(c2ccc(C(N)=O)c3[nH]c(C)c(C)c23)C1. The highest BCUT2D eigenvalue weighted by Gasteiger charge is 2.29. The maximum Gasteiger partial charge on any atom is 0.250 e. The second-order valence-corrected chi connectivity index (χ2v) is 7.36. The second kappa shape index (κ2) is 6.98. The van der Waals surface area contributed by atoms with Crippen LogP contribution in [0, 0.1) is 13.8 Å². The van der Waals surface area contributed by atoms with E-state index < -0.39 is 5.91 Å². The quantitative estimate of drug-likeness (QED) is 0.824. The minimum Gasteiger partial charge on any atom is -0.366 e. The highest BCUT2D eigenvalue weighted by Crippen LogP contribution is 2.40. The largest absolute Gasteiger partial charge is 0.366 e. The lowest BCUT2D eigenvalue weighted by Crippen LogP contribution is -2.38. The molecule has 26 heavy (non-hydrogen) atoms. The first-order chi connectivity index (χ1) is 12.3. The molecule has 3 rings (SSSR count). The van der Waals surface area contributed by atoms with E-state index in [0.717, 1.165) is 47.8 Å². The number of aromatic nitrogens is 1. The molecule has 0 aliphatic heterocycles. The molecule has 5 nitrogen and oxygen atoms in total. The number of fused-ring (bicyclic) bond motifs is 1. The van der Waals surface area contributed by atoms with Crippen LogP contribution in [0.5, 0.6) is 0 Å². The second-order valence-electron chi connectivity index (χ2n) is 7.36. The molecule has 138 valence electrons. The average molecular weight is 353 g/mol. The zero-order valence-electron chi connectivity index (χ0n) is 15.8. The normalized spacial score (nSPS) is 20.1. The van der Waals surface area contributed by atoms with E-state index >= 15 is 0 Å². The summed E-state index contributed by atoms with van der Waals surface area (Å²) in [4.78, 5) is 29.0. The molecule has 3 N–H and O–H groups in total. The third-order valence-electron chi connectivity index (χ3n) is 5.91. The summed E-state index contributed by atoms with van der Waals surface area (Å²) >= 11 is 0. The number of hydrogen-bond donors (Lipinski definition) is 2. The maximum atomic E-state index is 12.0. The van der Waals surface area contributed by atoms with Gasteiger partial charge in [-0.05, 0) is 62.3 Å². The Morgan fingerprint density at radius 2 is 2.04 bits per heavy atom. The summed E-state index contributed by atoms with van der Waals surface area (Å²) in [7, 11) is 1.86. The zero-order chi connectivity index (χ0) is 19.0. The Labute approximate surface area is 154 Å². The van der Waals surface area contributed by atoms with Crippen molar-refractivity contribution < 1.29 is 9.59 Å². The molecule has 1 aromatic carbocycles. The molecule has 5 heteroatoms. The number of primary amides is 1. The van der Waals surface area contributed by atoms with Gasteiger partial charge in [0, 0.05) is 24.2 Å². The molecule has 2 amide bonds. The van der Waals surface area contributed by atoms with Crippen LogP contribution in [0.2, 0.25) is 0 Å². The molecule has 0 spiro atoms. The van der Waals surface area contributed by atoms with Crippen molar-refractivity contribution in [2.45, 2.75) is 51.5 Å². The third kappa shape index (κ3) is 3.02. The standard InChI is InChI=1S/C21H27N3O2/c1-5-18(25)24(4)15-8-6-7-14(11-15)16-9-10-17(21(22)26)20-19(16)12(2)13(3)23-20/h5,9-10,14-15,23H,1,6-8,11H2,2-4H3,(H2,22,26). The minimum absolute atomic E-state index is 0.0291. The first-order valence-electron chi connectivity index (χ1n) is 9.16. The Bertz CT molecular complexity index is 881. The maximum absolute atomic E-state index is 12.0. The van der Waals surface area contributed by atoms with Crippen molar-refractivity contribution in [3.8, 4) is 0 Å². The van der Waals surface area contributed by atoms with Gasteiger partial charge < -0.3 is 15.6 Å². The Kier molecular flexibility index (Phi) is 4.90. The summed E-state index contributed by atoms with van der Waals surface area (Å²) in [6.07, 6.45) is 5.47. The van der Waals surface area contributed by atoms with Crippen LogP contribution in [0.1, 0.15) is 58.8 Å². The molecule has 1 aromatic heterocycles. The summed E-state index contributed by atoms with van der Waals surface area (Å²) in [5, 5.41) is 1.11. The number of H-pyrrole nitrogens is 1. The van der Waals surface area contributed by atoms with Gasteiger partial charge in [0.1, 0.15) is 0 Å². The van der Waals surface area contributed by atoms with Gasteiger partial charge in [-0.1, -0.05) is 19.1 Å². The van der Waals surface area contributed by atoms with Gasteiger partial charge in [0.05, 0.1) is 11.1 Å². The van der Waals surface area contributed by atoms with E-state index in [9.17, 15) is 9.59 Å². The van der Waals surface area contributed by atoms with Gasteiger partial charge >= 0.3 is 0 Å². The van der Waals surface area contributed by atoms with Crippen LogP contribution in [0.3, 0.4) is 0 Å². The fraction of sp³-hybridized carbons (Fsp3) is 0.429. The molecule has 1 aliphatic carbocycles. The van der Waals surface area contributed by atoms with Crippen LogP contribution >= 0.6 is 0 Å². The number of carbonyl (C=O) groups is 2. The van der Waals surface area contributed by atoms with E-state index in [-0.39, 0.29) is 11.9 Å². The van der Waals surface area contributed by atoms with Crippen molar-refractivity contribution in [1.29, 1.82) is 0 Å². The van der Waals surface area contributed by atoms with Crippen LogP contribution < -0.4 is 5.73 Å². The molecule has 2 atom stereocenters. The van der Waals surface area contributed by atoms with Gasteiger partial charge in [-0.2, -0.15) is 0 Å². The number of hydrogen-bond acceptors (Lipinski definition) is 2. The van der Waals surface area contributed by atoms with Crippen LogP contribution in [-0.2, 0) is 4.79 Å². The van der Waals surface area contributed by atoms with E-state index in [2.05, 4.69) is 18.5 Å². The van der Waals surface area contributed by atoms with Gasteiger partial charge in [-0.25, -0.2) is 0 Å². The molecule has 0 radical (unpaired) electrons. The molecule has 1 aliphatic rings. The number of nitrogens with one attached hydrogen (secondary N) is 1. The number of likely N-dealkylation sites (N-methyl/N-ethyl adjacent to an activating group) is 1. The highest BCUT2D eigenvalue weighted by molar-refractivity contribution is 6.07. The number of nitrogens with two attached hydrogens (primary N) is 1. The fourth-order valence-corrected chi connectivity index (χ4v) is 4.29. The number of carbonyl (C=O) groups excluding carboxylic acids is 2. The Morgan fingerprint density at radius 3 is 2.69 bits per heavy atom. The van der Waals surface area contributed by atoms with Gasteiger partial charge in [0.25, 0.3) is 5.91 Å². The molecule has 2 aromatic rings. The molecular weight excluding hydrogens is 326 g/mol. The lowest BCUT2D eigenvalue weighted by Gasteiger charge is -2.35. The molecule has 1 fully saturated rings. The van der Waals surface area contributed by atoms with Crippen LogP contribution in [0.25, 0.3) is 10.9 Å². The van der Waals surface area contributed by atoms with Gasteiger partial charge in [-0.15, -0.1) is 0 Å².